The van der Waals surface area contributed by atoms with E-state index in [9.17, 15) is 9.59 Å². The smallest absolute Gasteiger partial charge is 0.256 e. The summed E-state index contributed by atoms with van der Waals surface area (Å²) in [6.45, 7) is 1.66. The molecule has 0 radical (unpaired) electrons. The van der Waals surface area contributed by atoms with Crippen LogP contribution in [0.25, 0.3) is 0 Å². The van der Waals surface area contributed by atoms with Crippen LogP contribution in [0.3, 0.4) is 0 Å². The highest BCUT2D eigenvalue weighted by Crippen LogP contribution is 2.46. The van der Waals surface area contributed by atoms with E-state index in [2.05, 4.69) is 15.3 Å². The van der Waals surface area contributed by atoms with Crippen LogP contribution in [0.4, 0.5) is 5.82 Å². The standard InChI is InChI=1S/C17H19N3O5/c1-8-18-16-13(17(22)19-8)10(7-12(21)20-16)9-5-6-11(23-2)15(25-4)14(9)24-3/h5-6,10H,7H2,1-4H3,(H2,18,19,20,21,22)/t10-/m0/s1. The second-order valence-electron chi connectivity index (χ2n) is 5.64. The number of H-pyrrole nitrogens is 1. The van der Waals surface area contributed by atoms with Gasteiger partial charge in [0.25, 0.3) is 5.56 Å². The Bertz CT molecular complexity index is 891. The van der Waals surface area contributed by atoms with Gasteiger partial charge in [-0.3, -0.25) is 9.59 Å². The molecule has 0 saturated heterocycles. The molecule has 2 heterocycles. The number of carbonyl (C=O) groups is 1. The van der Waals surface area contributed by atoms with Crippen molar-refractivity contribution in [2.24, 2.45) is 0 Å². The Labute approximate surface area is 144 Å². The third kappa shape index (κ3) is 2.79. The van der Waals surface area contributed by atoms with E-state index < -0.39 is 5.92 Å². The van der Waals surface area contributed by atoms with Gasteiger partial charge in [0.05, 0.1) is 26.9 Å². The van der Waals surface area contributed by atoms with E-state index in [1.807, 2.05) is 0 Å². The third-order valence-corrected chi connectivity index (χ3v) is 4.18. The Balaban J connectivity index is 2.25. The fraction of sp³-hybridized carbons (Fsp3) is 0.353. The van der Waals surface area contributed by atoms with Crippen molar-refractivity contribution in [1.29, 1.82) is 0 Å². The number of aromatic amines is 1. The maximum absolute atomic E-state index is 12.5. The number of ether oxygens (including phenoxy) is 3. The fourth-order valence-corrected chi connectivity index (χ4v) is 3.15. The number of anilines is 1. The van der Waals surface area contributed by atoms with Crippen molar-refractivity contribution in [3.05, 3.63) is 39.4 Å². The third-order valence-electron chi connectivity index (χ3n) is 4.18. The molecule has 1 aromatic carbocycles. The molecular weight excluding hydrogens is 326 g/mol. The second kappa shape index (κ2) is 6.46. The number of methoxy groups -OCH3 is 3. The van der Waals surface area contributed by atoms with Gasteiger partial charge in [-0.15, -0.1) is 0 Å². The van der Waals surface area contributed by atoms with Gasteiger partial charge in [-0.2, -0.15) is 0 Å². The molecule has 132 valence electrons. The maximum Gasteiger partial charge on any atom is 0.256 e. The fourth-order valence-electron chi connectivity index (χ4n) is 3.15. The molecule has 8 heteroatoms. The number of rotatable bonds is 4. The summed E-state index contributed by atoms with van der Waals surface area (Å²) in [5, 5.41) is 2.66. The summed E-state index contributed by atoms with van der Waals surface area (Å²) in [5.74, 6) is 1.32. The van der Waals surface area contributed by atoms with E-state index >= 15 is 0 Å². The van der Waals surface area contributed by atoms with Crippen molar-refractivity contribution in [1.82, 2.24) is 9.97 Å². The second-order valence-corrected chi connectivity index (χ2v) is 5.64. The van der Waals surface area contributed by atoms with E-state index in [1.165, 1.54) is 21.3 Å². The van der Waals surface area contributed by atoms with Crippen LogP contribution in [-0.4, -0.2) is 37.2 Å². The van der Waals surface area contributed by atoms with Gasteiger partial charge in [-0.1, -0.05) is 6.07 Å². The van der Waals surface area contributed by atoms with Gasteiger partial charge in [0, 0.05) is 17.9 Å². The lowest BCUT2D eigenvalue weighted by Crippen LogP contribution is -2.31. The summed E-state index contributed by atoms with van der Waals surface area (Å²) in [4.78, 5) is 31.6. The molecule has 0 bridgehead atoms. The van der Waals surface area contributed by atoms with Crippen molar-refractivity contribution < 1.29 is 19.0 Å². The molecule has 3 rings (SSSR count). The van der Waals surface area contributed by atoms with Crippen LogP contribution in [-0.2, 0) is 4.79 Å². The Morgan fingerprint density at radius 3 is 2.44 bits per heavy atom. The zero-order valence-electron chi connectivity index (χ0n) is 14.4. The highest BCUT2D eigenvalue weighted by Gasteiger charge is 2.33. The van der Waals surface area contributed by atoms with Gasteiger partial charge in [-0.05, 0) is 13.0 Å². The summed E-state index contributed by atoms with van der Waals surface area (Å²) in [7, 11) is 4.53. The summed E-state index contributed by atoms with van der Waals surface area (Å²) in [5.41, 5.74) is 0.771. The van der Waals surface area contributed by atoms with Gasteiger partial charge in [0.15, 0.2) is 11.5 Å². The molecule has 0 aliphatic carbocycles. The van der Waals surface area contributed by atoms with Crippen molar-refractivity contribution in [3.8, 4) is 17.2 Å². The first-order valence-electron chi connectivity index (χ1n) is 7.69. The lowest BCUT2D eigenvalue weighted by atomic mass is 9.86. The van der Waals surface area contributed by atoms with Crippen LogP contribution in [0.1, 0.15) is 29.3 Å². The highest BCUT2D eigenvalue weighted by molar-refractivity contribution is 5.94. The van der Waals surface area contributed by atoms with Crippen molar-refractivity contribution in [2.45, 2.75) is 19.3 Å². The quantitative estimate of drug-likeness (QED) is 0.872. The first kappa shape index (κ1) is 16.8. The van der Waals surface area contributed by atoms with Gasteiger partial charge < -0.3 is 24.5 Å². The normalized spacial score (nSPS) is 16.0. The minimum Gasteiger partial charge on any atom is -0.493 e. The van der Waals surface area contributed by atoms with Crippen LogP contribution in [0, 0.1) is 6.92 Å². The molecule has 2 N–H and O–H groups in total. The Morgan fingerprint density at radius 1 is 1.08 bits per heavy atom. The molecule has 1 atom stereocenters. The number of aromatic nitrogens is 2. The topological polar surface area (TPSA) is 103 Å². The number of nitrogens with one attached hydrogen (secondary N) is 2. The zero-order chi connectivity index (χ0) is 18.1. The van der Waals surface area contributed by atoms with Crippen LogP contribution in [0.15, 0.2) is 16.9 Å². The van der Waals surface area contributed by atoms with Crippen LogP contribution in [0.2, 0.25) is 0 Å². The number of amides is 1. The van der Waals surface area contributed by atoms with Gasteiger partial charge in [0.1, 0.15) is 11.6 Å². The molecule has 2 aromatic rings. The van der Waals surface area contributed by atoms with Crippen LogP contribution in [0.5, 0.6) is 17.2 Å². The number of hydrogen-bond donors (Lipinski definition) is 2. The minimum absolute atomic E-state index is 0.104. The van der Waals surface area contributed by atoms with Gasteiger partial charge in [-0.25, -0.2) is 4.98 Å². The predicted octanol–water partition coefficient (Wildman–Crippen LogP) is 1.58. The van der Waals surface area contributed by atoms with Crippen molar-refractivity contribution in [2.75, 3.05) is 26.6 Å². The van der Waals surface area contributed by atoms with Crippen LogP contribution >= 0.6 is 0 Å². The highest BCUT2D eigenvalue weighted by atomic mass is 16.5. The molecular formula is C17H19N3O5. The number of fused-ring (bicyclic) bond motifs is 1. The molecule has 1 amide bonds. The summed E-state index contributed by atoms with van der Waals surface area (Å²) >= 11 is 0. The first-order valence-corrected chi connectivity index (χ1v) is 7.69. The summed E-state index contributed by atoms with van der Waals surface area (Å²) in [6, 6.07) is 3.49. The number of benzene rings is 1. The van der Waals surface area contributed by atoms with Gasteiger partial charge in [0.2, 0.25) is 11.7 Å². The minimum atomic E-state index is -0.504. The Morgan fingerprint density at radius 2 is 1.80 bits per heavy atom. The summed E-state index contributed by atoms with van der Waals surface area (Å²) < 4.78 is 16.2. The molecule has 25 heavy (non-hydrogen) atoms. The van der Waals surface area contributed by atoms with E-state index in [1.54, 1.807) is 19.1 Å². The maximum atomic E-state index is 12.5. The van der Waals surface area contributed by atoms with Crippen LogP contribution < -0.4 is 25.1 Å². The number of aryl methyl sites for hydroxylation is 1. The Kier molecular flexibility index (Phi) is 4.35. The molecule has 1 aromatic heterocycles. The van der Waals surface area contributed by atoms with Crippen molar-refractivity contribution >= 4 is 11.7 Å². The number of hydrogen-bond acceptors (Lipinski definition) is 6. The van der Waals surface area contributed by atoms with E-state index in [-0.39, 0.29) is 23.7 Å². The lowest BCUT2D eigenvalue weighted by molar-refractivity contribution is -0.116. The van der Waals surface area contributed by atoms with Crippen molar-refractivity contribution in [3.63, 3.8) is 0 Å². The largest absolute Gasteiger partial charge is 0.493 e. The molecule has 0 unspecified atom stereocenters. The molecule has 0 fully saturated rings. The SMILES string of the molecule is COc1ccc([C@@H]2CC(=O)Nc3nc(C)[nH]c(=O)c32)c(OC)c1OC. The van der Waals surface area contributed by atoms with E-state index in [4.69, 9.17) is 14.2 Å². The zero-order valence-corrected chi connectivity index (χ0v) is 14.4. The lowest BCUT2D eigenvalue weighted by Gasteiger charge is -2.26. The van der Waals surface area contributed by atoms with E-state index in [0.717, 1.165) is 0 Å². The molecule has 8 nitrogen and oxygen atoms in total. The number of nitrogens with zero attached hydrogens (tertiary/aromatic N) is 1. The molecule has 1 aliphatic heterocycles. The number of carbonyl (C=O) groups excluding carboxylic acids is 1. The van der Waals surface area contributed by atoms with E-state index in [0.29, 0.717) is 34.2 Å². The summed E-state index contributed by atoms with van der Waals surface area (Å²) in [6.07, 6.45) is 0.104. The molecule has 0 spiro atoms. The van der Waals surface area contributed by atoms with Gasteiger partial charge >= 0.3 is 0 Å². The first-order chi connectivity index (χ1) is 12.0. The predicted molar refractivity (Wildman–Crippen MR) is 90.8 cm³/mol. The monoisotopic (exact) mass is 345 g/mol. The molecule has 0 saturated carbocycles. The molecule has 1 aliphatic rings. The average Bonchev–Trinajstić information content (AvgIpc) is 2.58. The Hall–Kier alpha value is -3.03. The average molecular weight is 345 g/mol.